The first-order valence-corrected chi connectivity index (χ1v) is 11.4. The van der Waals surface area contributed by atoms with Crippen molar-refractivity contribution in [3.05, 3.63) is 107 Å². The monoisotopic (exact) mass is 403 g/mol. The van der Waals surface area contributed by atoms with Gasteiger partial charge in [-0.2, -0.15) is 4.31 Å². The van der Waals surface area contributed by atoms with Gasteiger partial charge in [0.25, 0.3) is 0 Å². The van der Waals surface area contributed by atoms with E-state index in [1.807, 2.05) is 31.2 Å². The number of sulfonamides is 1. The Morgan fingerprint density at radius 3 is 1.69 bits per heavy atom. The molecule has 4 rings (SSSR count). The zero-order chi connectivity index (χ0) is 20.3. The zero-order valence-electron chi connectivity index (χ0n) is 16.6. The molecule has 1 heterocycles. The fourth-order valence-electron chi connectivity index (χ4n) is 3.89. The maximum Gasteiger partial charge on any atom is 0.243 e. The molecular weight excluding hydrogens is 378 g/mol. The highest BCUT2D eigenvalue weighted by molar-refractivity contribution is 7.89. The lowest BCUT2D eigenvalue weighted by atomic mass is 9.89. The van der Waals surface area contributed by atoms with E-state index in [4.69, 9.17) is 0 Å². The highest BCUT2D eigenvalue weighted by Crippen LogP contribution is 2.33. The minimum Gasteiger partial charge on any atom is -0.207 e. The largest absolute Gasteiger partial charge is 0.243 e. The van der Waals surface area contributed by atoms with Crippen molar-refractivity contribution in [1.29, 1.82) is 0 Å². The lowest BCUT2D eigenvalue weighted by molar-refractivity contribution is 0.387. The van der Waals surface area contributed by atoms with Crippen molar-refractivity contribution in [1.82, 2.24) is 4.31 Å². The van der Waals surface area contributed by atoms with Crippen LogP contribution in [0.4, 0.5) is 0 Å². The first-order chi connectivity index (χ1) is 14.1. The Morgan fingerprint density at radius 1 is 0.724 bits per heavy atom. The molecule has 0 spiro atoms. The van der Waals surface area contributed by atoms with Crippen molar-refractivity contribution in [3.8, 4) is 0 Å². The summed E-state index contributed by atoms with van der Waals surface area (Å²) < 4.78 is 27.7. The molecule has 1 aliphatic heterocycles. The summed E-state index contributed by atoms with van der Waals surface area (Å²) in [4.78, 5) is 0.377. The minimum atomic E-state index is -3.45. The second-order valence-electron chi connectivity index (χ2n) is 7.43. The normalized spacial score (nSPS) is 15.3. The molecule has 3 aromatic rings. The third-order valence-electron chi connectivity index (χ3n) is 5.46. The first-order valence-electron chi connectivity index (χ1n) is 9.95. The van der Waals surface area contributed by atoms with Crippen LogP contribution in [0.25, 0.3) is 5.57 Å². The molecule has 0 aromatic heterocycles. The summed E-state index contributed by atoms with van der Waals surface area (Å²) in [7, 11) is -3.45. The molecule has 0 atom stereocenters. The molecule has 4 heteroatoms. The third kappa shape index (κ3) is 4.19. The summed E-state index contributed by atoms with van der Waals surface area (Å²) in [6, 6.07) is 27.9. The molecular formula is C25H25NO2S. The van der Waals surface area contributed by atoms with E-state index in [0.717, 1.165) is 18.4 Å². The van der Waals surface area contributed by atoms with Gasteiger partial charge in [-0.05, 0) is 48.6 Å². The van der Waals surface area contributed by atoms with Gasteiger partial charge < -0.3 is 0 Å². The van der Waals surface area contributed by atoms with Gasteiger partial charge in [-0.3, -0.25) is 0 Å². The van der Waals surface area contributed by atoms with Crippen LogP contribution in [-0.2, 0) is 10.0 Å². The molecule has 1 aliphatic rings. The van der Waals surface area contributed by atoms with Crippen LogP contribution < -0.4 is 0 Å². The van der Waals surface area contributed by atoms with E-state index in [-0.39, 0.29) is 0 Å². The SMILES string of the molecule is Cc1ccc(S(=O)(=O)N2CCC(=C(c3ccccc3)c3ccccc3)CC2)cc1. The quantitative estimate of drug-likeness (QED) is 0.594. The summed E-state index contributed by atoms with van der Waals surface area (Å²) in [5, 5.41) is 0. The molecule has 1 fully saturated rings. The Labute approximate surface area is 173 Å². The van der Waals surface area contributed by atoms with Crippen molar-refractivity contribution < 1.29 is 8.42 Å². The summed E-state index contributed by atoms with van der Waals surface area (Å²) in [5.74, 6) is 0. The van der Waals surface area contributed by atoms with Gasteiger partial charge in [-0.25, -0.2) is 8.42 Å². The smallest absolute Gasteiger partial charge is 0.207 e. The lowest BCUT2D eigenvalue weighted by Crippen LogP contribution is -2.36. The van der Waals surface area contributed by atoms with E-state index in [9.17, 15) is 8.42 Å². The van der Waals surface area contributed by atoms with Gasteiger partial charge in [0.15, 0.2) is 0 Å². The number of nitrogens with zero attached hydrogens (tertiary/aromatic N) is 1. The molecule has 0 N–H and O–H groups in total. The van der Waals surface area contributed by atoms with Crippen molar-refractivity contribution >= 4 is 15.6 Å². The molecule has 0 radical (unpaired) electrons. The van der Waals surface area contributed by atoms with Crippen LogP contribution in [0.2, 0.25) is 0 Å². The zero-order valence-corrected chi connectivity index (χ0v) is 17.4. The van der Waals surface area contributed by atoms with Crippen LogP contribution in [0.15, 0.2) is 95.4 Å². The third-order valence-corrected chi connectivity index (χ3v) is 7.38. The number of hydrogen-bond acceptors (Lipinski definition) is 2. The van der Waals surface area contributed by atoms with Crippen LogP contribution >= 0.6 is 0 Å². The molecule has 0 bridgehead atoms. The van der Waals surface area contributed by atoms with E-state index < -0.39 is 10.0 Å². The molecule has 0 saturated carbocycles. The number of rotatable bonds is 4. The van der Waals surface area contributed by atoms with E-state index in [0.29, 0.717) is 18.0 Å². The average molecular weight is 404 g/mol. The van der Waals surface area contributed by atoms with Crippen molar-refractivity contribution in [3.63, 3.8) is 0 Å². The van der Waals surface area contributed by atoms with Crippen molar-refractivity contribution in [2.45, 2.75) is 24.7 Å². The van der Waals surface area contributed by atoms with Gasteiger partial charge in [-0.1, -0.05) is 83.9 Å². The Balaban J connectivity index is 1.64. The summed E-state index contributed by atoms with van der Waals surface area (Å²) in [6.45, 7) is 2.98. The van der Waals surface area contributed by atoms with Gasteiger partial charge in [-0.15, -0.1) is 0 Å². The van der Waals surface area contributed by atoms with E-state index in [1.54, 1.807) is 16.4 Å². The molecule has 0 aliphatic carbocycles. The molecule has 1 saturated heterocycles. The second-order valence-corrected chi connectivity index (χ2v) is 9.37. The molecule has 0 unspecified atom stereocenters. The predicted molar refractivity (Wildman–Crippen MR) is 118 cm³/mol. The molecule has 0 amide bonds. The highest BCUT2D eigenvalue weighted by Gasteiger charge is 2.28. The summed E-state index contributed by atoms with van der Waals surface area (Å²) in [5.41, 5.74) is 5.98. The van der Waals surface area contributed by atoms with Crippen LogP contribution in [0.3, 0.4) is 0 Å². The van der Waals surface area contributed by atoms with Crippen LogP contribution in [0.1, 0.15) is 29.5 Å². The minimum absolute atomic E-state index is 0.377. The number of aryl methyl sites for hydroxylation is 1. The van der Waals surface area contributed by atoms with Gasteiger partial charge in [0.2, 0.25) is 10.0 Å². The fourth-order valence-corrected chi connectivity index (χ4v) is 5.33. The van der Waals surface area contributed by atoms with Gasteiger partial charge >= 0.3 is 0 Å². The maximum atomic E-state index is 13.0. The average Bonchev–Trinajstić information content (AvgIpc) is 2.76. The van der Waals surface area contributed by atoms with Crippen molar-refractivity contribution in [2.75, 3.05) is 13.1 Å². The Hall–Kier alpha value is -2.69. The number of benzene rings is 3. The predicted octanol–water partition coefficient (Wildman–Crippen LogP) is 5.28. The number of hydrogen-bond donors (Lipinski definition) is 0. The molecule has 29 heavy (non-hydrogen) atoms. The maximum absolute atomic E-state index is 13.0. The lowest BCUT2D eigenvalue weighted by Gasteiger charge is -2.29. The highest BCUT2D eigenvalue weighted by atomic mass is 32.2. The van der Waals surface area contributed by atoms with Gasteiger partial charge in [0, 0.05) is 13.1 Å². The Bertz CT molecular complexity index is 1050. The number of piperidine rings is 1. The Kier molecular flexibility index (Phi) is 5.65. The molecule has 3 nitrogen and oxygen atoms in total. The topological polar surface area (TPSA) is 37.4 Å². The van der Waals surface area contributed by atoms with Crippen LogP contribution in [0, 0.1) is 6.92 Å². The van der Waals surface area contributed by atoms with E-state index in [2.05, 4.69) is 48.5 Å². The van der Waals surface area contributed by atoms with E-state index in [1.165, 1.54) is 22.3 Å². The van der Waals surface area contributed by atoms with Gasteiger partial charge in [0.1, 0.15) is 0 Å². The fraction of sp³-hybridized carbons (Fsp3) is 0.200. The second kappa shape index (κ2) is 8.36. The van der Waals surface area contributed by atoms with Gasteiger partial charge in [0.05, 0.1) is 4.90 Å². The molecule has 3 aromatic carbocycles. The van der Waals surface area contributed by atoms with Crippen LogP contribution in [-0.4, -0.2) is 25.8 Å². The standard InChI is InChI=1S/C25H25NO2S/c1-20-12-14-24(15-13-20)29(27,28)26-18-16-23(17-19-26)25(21-8-4-2-5-9-21)22-10-6-3-7-11-22/h2-15H,16-19H2,1H3. The Morgan fingerprint density at radius 2 is 1.21 bits per heavy atom. The summed E-state index contributed by atoms with van der Waals surface area (Å²) >= 11 is 0. The van der Waals surface area contributed by atoms with Crippen molar-refractivity contribution in [2.24, 2.45) is 0 Å². The molecule has 148 valence electrons. The van der Waals surface area contributed by atoms with Crippen LogP contribution in [0.5, 0.6) is 0 Å². The summed E-state index contributed by atoms with van der Waals surface area (Å²) in [6.07, 6.45) is 1.48. The van der Waals surface area contributed by atoms with E-state index >= 15 is 0 Å². The first kappa shape index (κ1) is 19.6.